The Hall–Kier alpha value is -2.03. The number of fused-ring (bicyclic) bond motifs is 3. The topological polar surface area (TPSA) is 40.1 Å². The van der Waals surface area contributed by atoms with Gasteiger partial charge in [-0.25, -0.2) is 0 Å². The lowest BCUT2D eigenvalue weighted by Crippen LogP contribution is -2.25. The first-order valence-corrected chi connectivity index (χ1v) is 4.78. The van der Waals surface area contributed by atoms with E-state index < -0.39 is 0 Å². The normalized spacial score (nSPS) is 11.3. The Morgan fingerprint density at radius 1 is 1.13 bits per heavy atom. The summed E-state index contributed by atoms with van der Waals surface area (Å²) in [6.45, 7) is 1.77. The number of aromatic nitrogens is 1. The highest BCUT2D eigenvalue weighted by atomic mass is 16.7. The van der Waals surface area contributed by atoms with Crippen LogP contribution in [0.15, 0.2) is 40.9 Å². The van der Waals surface area contributed by atoms with Crippen molar-refractivity contribution in [1.29, 1.82) is 0 Å². The standard InChI is InChI=1S/C12H9NO2/c1-8-12-10-5-3-2-4-9(10)6-7-11(12)15-13(8)14/h2-7H,1H3. The number of nitrogens with zero attached hydrogens (tertiary/aromatic N) is 1. The van der Waals surface area contributed by atoms with Crippen molar-refractivity contribution in [2.24, 2.45) is 0 Å². The van der Waals surface area contributed by atoms with Crippen LogP contribution in [0.3, 0.4) is 0 Å². The smallest absolute Gasteiger partial charge is 0.251 e. The maximum Gasteiger partial charge on any atom is 0.251 e. The number of rotatable bonds is 0. The molecule has 3 nitrogen and oxygen atoms in total. The van der Waals surface area contributed by atoms with Crippen LogP contribution >= 0.6 is 0 Å². The molecule has 0 radical (unpaired) electrons. The molecule has 0 aliphatic rings. The van der Waals surface area contributed by atoms with Gasteiger partial charge in [0.05, 0.1) is 11.0 Å². The molecule has 0 amide bonds. The van der Waals surface area contributed by atoms with Gasteiger partial charge >= 0.3 is 0 Å². The first-order valence-electron chi connectivity index (χ1n) is 4.78. The van der Waals surface area contributed by atoms with E-state index in [1.807, 2.05) is 36.4 Å². The van der Waals surface area contributed by atoms with Crippen molar-refractivity contribution >= 4 is 21.7 Å². The van der Waals surface area contributed by atoms with Gasteiger partial charge in [-0.05, 0) is 16.8 Å². The molecule has 0 N–H and O–H groups in total. The molecular formula is C12H9NO2. The monoisotopic (exact) mass is 199 g/mol. The van der Waals surface area contributed by atoms with Crippen molar-refractivity contribution in [3.63, 3.8) is 0 Å². The molecule has 0 atom stereocenters. The van der Waals surface area contributed by atoms with Crippen molar-refractivity contribution in [3.8, 4) is 0 Å². The Morgan fingerprint density at radius 2 is 1.93 bits per heavy atom. The lowest BCUT2D eigenvalue weighted by molar-refractivity contribution is -0.792. The number of benzene rings is 2. The number of aryl methyl sites for hydroxylation is 1. The van der Waals surface area contributed by atoms with E-state index in [-0.39, 0.29) is 0 Å². The van der Waals surface area contributed by atoms with E-state index in [0.29, 0.717) is 16.2 Å². The largest absolute Gasteiger partial charge is 0.366 e. The highest BCUT2D eigenvalue weighted by Crippen LogP contribution is 2.26. The summed E-state index contributed by atoms with van der Waals surface area (Å²) in [7, 11) is 0. The molecule has 0 bridgehead atoms. The number of hydrogen-bond acceptors (Lipinski definition) is 2. The van der Waals surface area contributed by atoms with E-state index in [4.69, 9.17) is 4.52 Å². The van der Waals surface area contributed by atoms with Gasteiger partial charge < -0.3 is 4.52 Å². The minimum absolute atomic E-state index is 0.567. The summed E-state index contributed by atoms with van der Waals surface area (Å²) in [5, 5.41) is 14.4. The third-order valence-corrected chi connectivity index (χ3v) is 2.71. The Morgan fingerprint density at radius 3 is 2.80 bits per heavy atom. The van der Waals surface area contributed by atoms with Crippen LogP contribution in [-0.4, -0.2) is 0 Å². The van der Waals surface area contributed by atoms with E-state index in [2.05, 4.69) is 0 Å². The quantitative estimate of drug-likeness (QED) is 0.522. The van der Waals surface area contributed by atoms with Crippen molar-refractivity contribution in [1.82, 2.24) is 0 Å². The zero-order valence-corrected chi connectivity index (χ0v) is 8.23. The van der Waals surface area contributed by atoms with Crippen LogP contribution in [-0.2, 0) is 0 Å². The summed E-state index contributed by atoms with van der Waals surface area (Å²) in [4.78, 5) is 0.567. The lowest BCUT2D eigenvalue weighted by atomic mass is 10.1. The van der Waals surface area contributed by atoms with Crippen LogP contribution in [0.2, 0.25) is 0 Å². The highest BCUT2D eigenvalue weighted by Gasteiger charge is 2.13. The first-order chi connectivity index (χ1) is 7.27. The second kappa shape index (κ2) is 2.73. The summed E-state index contributed by atoms with van der Waals surface area (Å²) < 4.78 is 5.07. The summed E-state index contributed by atoms with van der Waals surface area (Å²) in [5.41, 5.74) is 1.25. The van der Waals surface area contributed by atoms with Crippen LogP contribution in [0.1, 0.15) is 5.69 Å². The van der Waals surface area contributed by atoms with E-state index >= 15 is 0 Å². The van der Waals surface area contributed by atoms with Crippen LogP contribution in [0.4, 0.5) is 0 Å². The van der Waals surface area contributed by atoms with Gasteiger partial charge in [0.1, 0.15) is 0 Å². The van der Waals surface area contributed by atoms with Gasteiger partial charge in [-0.3, -0.25) is 5.21 Å². The van der Waals surface area contributed by atoms with E-state index in [1.165, 1.54) is 0 Å². The molecule has 0 aliphatic carbocycles. The Balaban J connectivity index is 2.63. The molecule has 3 aromatic rings. The molecule has 74 valence electrons. The zero-order chi connectivity index (χ0) is 10.4. The summed E-state index contributed by atoms with van der Waals surface area (Å²) in [6, 6.07) is 11.8. The van der Waals surface area contributed by atoms with Crippen molar-refractivity contribution in [3.05, 3.63) is 47.3 Å². The Kier molecular flexibility index (Phi) is 1.51. The second-order valence-electron chi connectivity index (χ2n) is 3.59. The average Bonchev–Trinajstić information content (AvgIpc) is 2.55. The summed E-state index contributed by atoms with van der Waals surface area (Å²) in [6.07, 6.45) is 0. The third-order valence-electron chi connectivity index (χ3n) is 2.71. The van der Waals surface area contributed by atoms with Crippen molar-refractivity contribution in [2.75, 3.05) is 0 Å². The van der Waals surface area contributed by atoms with Gasteiger partial charge in [-0.15, -0.1) is 0 Å². The van der Waals surface area contributed by atoms with Crippen molar-refractivity contribution < 1.29 is 9.43 Å². The summed E-state index contributed by atoms with van der Waals surface area (Å²) in [5.74, 6) is 0. The minimum Gasteiger partial charge on any atom is -0.366 e. The molecular weight excluding hydrogens is 190 g/mol. The summed E-state index contributed by atoms with van der Waals surface area (Å²) >= 11 is 0. The maximum atomic E-state index is 11.3. The molecule has 15 heavy (non-hydrogen) atoms. The van der Waals surface area contributed by atoms with Crippen LogP contribution in [0.5, 0.6) is 0 Å². The van der Waals surface area contributed by atoms with Gasteiger partial charge in [0.15, 0.2) is 0 Å². The van der Waals surface area contributed by atoms with Crippen LogP contribution in [0, 0.1) is 12.1 Å². The van der Waals surface area contributed by atoms with Gasteiger partial charge in [0.25, 0.3) is 5.69 Å². The Labute approximate surface area is 86.1 Å². The fraction of sp³-hybridized carbons (Fsp3) is 0.0833. The van der Waals surface area contributed by atoms with E-state index in [1.54, 1.807) is 6.92 Å². The fourth-order valence-electron chi connectivity index (χ4n) is 1.95. The predicted octanol–water partition coefficient (Wildman–Crippen LogP) is 2.53. The van der Waals surface area contributed by atoms with Gasteiger partial charge in [-0.2, -0.15) is 0 Å². The highest BCUT2D eigenvalue weighted by molar-refractivity contribution is 6.06. The van der Waals surface area contributed by atoms with Gasteiger partial charge in [0, 0.05) is 11.8 Å². The second-order valence-corrected chi connectivity index (χ2v) is 3.59. The van der Waals surface area contributed by atoms with Crippen molar-refractivity contribution in [2.45, 2.75) is 6.92 Å². The molecule has 0 aliphatic heterocycles. The average molecular weight is 199 g/mol. The molecule has 1 heterocycles. The van der Waals surface area contributed by atoms with Crippen LogP contribution < -0.4 is 4.90 Å². The van der Waals surface area contributed by atoms with Crippen LogP contribution in [0.25, 0.3) is 21.7 Å². The molecule has 0 fully saturated rings. The molecule has 1 aromatic heterocycles. The molecule has 0 unspecified atom stereocenters. The van der Waals surface area contributed by atoms with E-state index in [9.17, 15) is 5.21 Å². The Bertz CT molecular complexity index is 655. The number of hydrogen-bond donors (Lipinski definition) is 0. The molecule has 3 rings (SSSR count). The molecule has 0 saturated carbocycles. The SMILES string of the molecule is Cc1c2c(ccc3ccccc32)o[n+]1[O-]. The third kappa shape index (κ3) is 1.03. The van der Waals surface area contributed by atoms with Gasteiger partial charge in [-0.1, -0.05) is 30.3 Å². The molecule has 0 saturated heterocycles. The molecule has 3 heteroatoms. The minimum atomic E-state index is 0.567. The lowest BCUT2D eigenvalue weighted by Gasteiger charge is -1.97. The fourth-order valence-corrected chi connectivity index (χ4v) is 1.95. The zero-order valence-electron chi connectivity index (χ0n) is 8.23. The molecule has 0 spiro atoms. The predicted molar refractivity (Wildman–Crippen MR) is 57.4 cm³/mol. The molecule has 2 aromatic carbocycles. The van der Waals surface area contributed by atoms with E-state index in [0.717, 1.165) is 16.2 Å². The van der Waals surface area contributed by atoms with Gasteiger partial charge in [0.2, 0.25) is 0 Å². The first kappa shape index (κ1) is 8.29. The maximum absolute atomic E-state index is 11.3.